The minimum atomic E-state index is -0.691. The van der Waals surface area contributed by atoms with Crippen molar-refractivity contribution in [2.24, 2.45) is 0 Å². The van der Waals surface area contributed by atoms with Gasteiger partial charge in [-0.25, -0.2) is 4.98 Å². The van der Waals surface area contributed by atoms with Gasteiger partial charge in [0.05, 0.1) is 10.6 Å². The van der Waals surface area contributed by atoms with Crippen molar-refractivity contribution in [1.29, 1.82) is 0 Å². The Morgan fingerprint density at radius 3 is 2.85 bits per heavy atom. The Kier molecular flexibility index (Phi) is 4.16. The van der Waals surface area contributed by atoms with Crippen LogP contribution in [0.5, 0.6) is 0 Å². The number of ketones is 1. The van der Waals surface area contributed by atoms with Crippen LogP contribution in [0.25, 0.3) is 10.8 Å². The van der Waals surface area contributed by atoms with Crippen molar-refractivity contribution in [2.45, 2.75) is 32.2 Å². The maximum absolute atomic E-state index is 12.7. The molecule has 0 saturated carbocycles. The van der Waals surface area contributed by atoms with Gasteiger partial charge >= 0.3 is 0 Å². The molecule has 1 N–H and O–H groups in total. The monoisotopic (exact) mass is 367 g/mol. The van der Waals surface area contributed by atoms with Crippen molar-refractivity contribution >= 4 is 38.9 Å². The molecular weight excluding hydrogens is 350 g/mol. The fourth-order valence-electron chi connectivity index (χ4n) is 3.17. The molecule has 7 heteroatoms. The van der Waals surface area contributed by atoms with Gasteiger partial charge in [0.25, 0.3) is 5.56 Å². The normalized spacial score (nSPS) is 14.9. The third-order valence-electron chi connectivity index (χ3n) is 4.64. The lowest BCUT2D eigenvalue weighted by Gasteiger charge is -2.14. The van der Waals surface area contributed by atoms with E-state index >= 15 is 0 Å². The van der Waals surface area contributed by atoms with Gasteiger partial charge in [0.15, 0.2) is 10.9 Å². The molecule has 1 amide bonds. The smallest absolute Gasteiger partial charge is 0.259 e. The van der Waals surface area contributed by atoms with Gasteiger partial charge in [0.1, 0.15) is 6.04 Å². The number of carbonyl (C=O) groups excluding carboxylic acids is 2. The van der Waals surface area contributed by atoms with E-state index in [9.17, 15) is 14.4 Å². The van der Waals surface area contributed by atoms with E-state index in [0.29, 0.717) is 21.8 Å². The van der Waals surface area contributed by atoms with Gasteiger partial charge in [-0.1, -0.05) is 29.5 Å². The molecule has 132 valence electrons. The molecule has 0 bridgehead atoms. The number of benzene rings is 1. The van der Waals surface area contributed by atoms with Crippen molar-refractivity contribution in [2.75, 3.05) is 5.32 Å². The number of fused-ring (bicyclic) bond motifs is 2. The third-order valence-corrected chi connectivity index (χ3v) is 5.69. The summed E-state index contributed by atoms with van der Waals surface area (Å²) in [6.45, 7) is 1.67. The molecule has 0 radical (unpaired) electrons. The first-order chi connectivity index (χ1) is 12.5. The molecule has 0 spiro atoms. The molecule has 26 heavy (non-hydrogen) atoms. The number of aryl methyl sites for hydroxylation is 1. The second-order valence-corrected chi connectivity index (χ2v) is 7.35. The molecule has 3 aromatic rings. The van der Waals surface area contributed by atoms with E-state index in [1.165, 1.54) is 15.9 Å². The van der Waals surface area contributed by atoms with Crippen LogP contribution in [-0.4, -0.2) is 21.2 Å². The van der Waals surface area contributed by atoms with Gasteiger partial charge in [-0.15, -0.1) is 0 Å². The highest BCUT2D eigenvalue weighted by Gasteiger charge is 2.24. The van der Waals surface area contributed by atoms with E-state index in [1.54, 1.807) is 25.3 Å². The van der Waals surface area contributed by atoms with E-state index in [-0.39, 0.29) is 17.2 Å². The summed E-state index contributed by atoms with van der Waals surface area (Å²) in [4.78, 5) is 42.2. The standard InChI is InChI=1S/C19H17N3O3S/c1-11(22-10-9-12-5-2-3-6-13(12)18(22)25)17(24)21-19-20-14-7-4-8-15(23)16(14)26-19/h2-3,5-6,9-11H,4,7-8H2,1H3,(H,20,21,24)/t11-/m1/s1. The fraction of sp³-hybridized carbons (Fsp3) is 0.263. The molecule has 1 aromatic carbocycles. The number of rotatable bonds is 3. The lowest BCUT2D eigenvalue weighted by molar-refractivity contribution is -0.118. The number of hydrogen-bond acceptors (Lipinski definition) is 5. The molecule has 0 saturated heterocycles. The second-order valence-electron chi connectivity index (χ2n) is 6.35. The van der Waals surface area contributed by atoms with E-state index in [0.717, 1.165) is 23.9 Å². The second kappa shape index (κ2) is 6.49. The molecule has 4 rings (SSSR count). The lowest BCUT2D eigenvalue weighted by atomic mass is 10.0. The number of pyridine rings is 1. The number of amides is 1. The summed E-state index contributed by atoms with van der Waals surface area (Å²) in [6, 6.07) is 8.41. The van der Waals surface area contributed by atoms with E-state index in [4.69, 9.17) is 0 Å². The Bertz CT molecular complexity index is 1080. The molecule has 2 aromatic heterocycles. The number of Topliss-reactive ketones (excluding diaryl/α,β-unsaturated/α-hetero) is 1. The third kappa shape index (κ3) is 2.84. The average molecular weight is 367 g/mol. The summed E-state index contributed by atoms with van der Waals surface area (Å²) < 4.78 is 1.41. The van der Waals surface area contributed by atoms with Crippen LogP contribution < -0.4 is 10.9 Å². The quantitative estimate of drug-likeness (QED) is 0.771. The van der Waals surface area contributed by atoms with Gasteiger partial charge in [-0.05, 0) is 37.3 Å². The number of aromatic nitrogens is 2. The first-order valence-electron chi connectivity index (χ1n) is 8.48. The van der Waals surface area contributed by atoms with Crippen LogP contribution >= 0.6 is 11.3 Å². The fourth-order valence-corrected chi connectivity index (χ4v) is 4.15. The predicted molar refractivity (Wildman–Crippen MR) is 101 cm³/mol. The SMILES string of the molecule is C[C@H](C(=O)Nc1nc2c(s1)C(=O)CCC2)n1ccc2ccccc2c1=O. The number of thiazole rings is 1. The van der Waals surface area contributed by atoms with Gasteiger partial charge in [-0.3, -0.25) is 14.4 Å². The minimum absolute atomic E-state index is 0.0862. The maximum atomic E-state index is 12.7. The predicted octanol–water partition coefficient (Wildman–Crippen LogP) is 3.18. The van der Waals surface area contributed by atoms with E-state index in [2.05, 4.69) is 10.3 Å². The summed E-state index contributed by atoms with van der Waals surface area (Å²) in [6.07, 6.45) is 3.72. The number of carbonyl (C=O) groups is 2. The Morgan fingerprint density at radius 2 is 2.04 bits per heavy atom. The van der Waals surface area contributed by atoms with Crippen LogP contribution in [0.3, 0.4) is 0 Å². The molecular formula is C19H17N3O3S. The Hall–Kier alpha value is -2.80. The van der Waals surface area contributed by atoms with E-state index in [1.807, 2.05) is 18.2 Å². The minimum Gasteiger partial charge on any atom is -0.303 e. The highest BCUT2D eigenvalue weighted by molar-refractivity contribution is 7.17. The van der Waals surface area contributed by atoms with Crippen molar-refractivity contribution < 1.29 is 9.59 Å². The van der Waals surface area contributed by atoms with Crippen LogP contribution in [-0.2, 0) is 11.2 Å². The largest absolute Gasteiger partial charge is 0.303 e. The van der Waals surface area contributed by atoms with Gasteiger partial charge in [-0.2, -0.15) is 0 Å². The summed E-state index contributed by atoms with van der Waals surface area (Å²) in [5.41, 5.74) is 0.552. The van der Waals surface area contributed by atoms with Crippen molar-refractivity contribution in [3.05, 3.63) is 57.5 Å². The number of hydrogen-bond donors (Lipinski definition) is 1. The zero-order valence-corrected chi connectivity index (χ0v) is 15.0. The Labute approximate surface area is 153 Å². The number of nitrogens with one attached hydrogen (secondary N) is 1. The number of nitrogens with zero attached hydrogens (tertiary/aromatic N) is 2. The number of anilines is 1. The van der Waals surface area contributed by atoms with Crippen molar-refractivity contribution in [1.82, 2.24) is 9.55 Å². The highest BCUT2D eigenvalue weighted by atomic mass is 32.1. The first kappa shape index (κ1) is 16.7. The first-order valence-corrected chi connectivity index (χ1v) is 9.30. The molecule has 1 aliphatic rings. The van der Waals surface area contributed by atoms with Crippen molar-refractivity contribution in [3.63, 3.8) is 0 Å². The Morgan fingerprint density at radius 1 is 1.23 bits per heavy atom. The average Bonchev–Trinajstić information content (AvgIpc) is 3.05. The molecule has 1 aliphatic carbocycles. The molecule has 1 atom stereocenters. The van der Waals surface area contributed by atoms with Gasteiger partial charge < -0.3 is 9.88 Å². The van der Waals surface area contributed by atoms with Crippen molar-refractivity contribution in [3.8, 4) is 0 Å². The summed E-state index contributed by atoms with van der Waals surface area (Å²) in [5.74, 6) is -0.246. The van der Waals surface area contributed by atoms with Crippen LogP contribution in [0.1, 0.15) is 41.2 Å². The van der Waals surface area contributed by atoms with Crippen LogP contribution in [0, 0.1) is 0 Å². The van der Waals surface area contributed by atoms with Gasteiger partial charge in [0, 0.05) is 18.0 Å². The molecule has 2 heterocycles. The lowest BCUT2D eigenvalue weighted by Crippen LogP contribution is -2.31. The molecule has 0 unspecified atom stereocenters. The molecule has 0 aliphatic heterocycles. The van der Waals surface area contributed by atoms with Crippen LogP contribution in [0.15, 0.2) is 41.3 Å². The summed E-state index contributed by atoms with van der Waals surface area (Å²) in [7, 11) is 0. The zero-order valence-electron chi connectivity index (χ0n) is 14.2. The maximum Gasteiger partial charge on any atom is 0.259 e. The zero-order chi connectivity index (χ0) is 18.3. The van der Waals surface area contributed by atoms with Crippen LogP contribution in [0.4, 0.5) is 5.13 Å². The highest BCUT2D eigenvalue weighted by Crippen LogP contribution is 2.30. The van der Waals surface area contributed by atoms with Crippen LogP contribution in [0.2, 0.25) is 0 Å². The van der Waals surface area contributed by atoms with Gasteiger partial charge in [0.2, 0.25) is 5.91 Å². The molecule has 6 nitrogen and oxygen atoms in total. The Balaban J connectivity index is 1.60. The summed E-state index contributed by atoms with van der Waals surface area (Å²) in [5, 5.41) is 4.58. The molecule has 0 fully saturated rings. The van der Waals surface area contributed by atoms with E-state index < -0.39 is 6.04 Å². The summed E-state index contributed by atoms with van der Waals surface area (Å²) >= 11 is 1.21. The topological polar surface area (TPSA) is 81.1 Å².